The van der Waals surface area contributed by atoms with Crippen molar-refractivity contribution < 1.29 is 22.7 Å². The molecule has 1 aliphatic carbocycles. The number of amides is 1. The van der Waals surface area contributed by atoms with Gasteiger partial charge in [0.1, 0.15) is 5.56 Å². The number of carbonyl (C=O) groups excluding carboxylic acids is 2. The number of esters is 1. The molecule has 2 aromatic carbocycles. The summed E-state index contributed by atoms with van der Waals surface area (Å²) in [5.74, 6) is 0.214. The number of rotatable bonds is 7. The Morgan fingerprint density at radius 2 is 1.68 bits per heavy atom. The van der Waals surface area contributed by atoms with Gasteiger partial charge in [-0.1, -0.05) is 25.1 Å². The fourth-order valence-corrected chi connectivity index (χ4v) is 7.24. The Kier molecular flexibility index (Phi) is 7.72. The molecule has 0 bridgehead atoms. The Morgan fingerprint density at radius 3 is 2.30 bits per heavy atom. The summed E-state index contributed by atoms with van der Waals surface area (Å²) in [5, 5.41) is 4.71. The number of nitrogens with zero attached hydrogens (tertiary/aromatic N) is 4. The van der Waals surface area contributed by atoms with Crippen LogP contribution in [0.25, 0.3) is 5.69 Å². The summed E-state index contributed by atoms with van der Waals surface area (Å²) in [6.07, 6.45) is 5.24. The van der Waals surface area contributed by atoms with Gasteiger partial charge in [0.25, 0.3) is 10.0 Å². The zero-order chi connectivity index (χ0) is 28.6. The highest BCUT2D eigenvalue weighted by molar-refractivity contribution is 7.93. The first kappa shape index (κ1) is 27.9. The molecule has 5 rings (SSSR count). The van der Waals surface area contributed by atoms with Crippen LogP contribution in [0.15, 0.2) is 59.6 Å². The van der Waals surface area contributed by atoms with Crippen LogP contribution < -0.4 is 9.21 Å². The predicted molar refractivity (Wildman–Crippen MR) is 153 cm³/mol. The number of ether oxygens (including phenoxy) is 1. The zero-order valence-electron chi connectivity index (χ0n) is 23.4. The molecule has 10 heteroatoms. The first-order valence-corrected chi connectivity index (χ1v) is 15.4. The number of aromatic nitrogens is 2. The van der Waals surface area contributed by atoms with Crippen molar-refractivity contribution in [2.75, 3.05) is 15.8 Å². The van der Waals surface area contributed by atoms with E-state index < -0.39 is 16.0 Å². The van der Waals surface area contributed by atoms with E-state index in [1.165, 1.54) is 4.31 Å². The summed E-state index contributed by atoms with van der Waals surface area (Å²) in [6.45, 7) is 8.25. The van der Waals surface area contributed by atoms with E-state index in [0.717, 1.165) is 31.2 Å². The van der Waals surface area contributed by atoms with Gasteiger partial charge in [-0.25, -0.2) is 17.9 Å². The van der Waals surface area contributed by atoms with Gasteiger partial charge in [0, 0.05) is 18.2 Å². The van der Waals surface area contributed by atoms with Crippen molar-refractivity contribution in [2.45, 2.75) is 70.9 Å². The van der Waals surface area contributed by atoms with Crippen molar-refractivity contribution in [3.8, 4) is 5.69 Å². The quantitative estimate of drug-likeness (QED) is 0.360. The summed E-state index contributed by atoms with van der Waals surface area (Å²) in [6, 6.07) is 13.7. The molecule has 40 heavy (non-hydrogen) atoms. The van der Waals surface area contributed by atoms with E-state index in [1.807, 2.05) is 26.0 Å². The maximum atomic E-state index is 13.7. The van der Waals surface area contributed by atoms with Crippen molar-refractivity contribution in [1.29, 1.82) is 0 Å². The molecule has 0 atom stereocenters. The lowest BCUT2D eigenvalue weighted by molar-refractivity contribution is -0.124. The third kappa shape index (κ3) is 5.12. The van der Waals surface area contributed by atoms with Crippen molar-refractivity contribution in [1.82, 2.24) is 9.78 Å². The van der Waals surface area contributed by atoms with Crippen LogP contribution in [0, 0.1) is 11.8 Å². The van der Waals surface area contributed by atoms with Gasteiger partial charge in [-0.2, -0.15) is 0 Å². The van der Waals surface area contributed by atoms with Gasteiger partial charge in [0.05, 0.1) is 29.4 Å². The number of anilines is 2. The monoisotopic (exact) mass is 564 g/mol. The lowest BCUT2D eigenvalue weighted by Gasteiger charge is -2.32. The molecular weight excluding hydrogens is 528 g/mol. The molecule has 1 aliphatic heterocycles. The molecule has 1 fully saturated rings. The van der Waals surface area contributed by atoms with E-state index >= 15 is 0 Å². The largest absolute Gasteiger partial charge is 0.462 e. The number of fused-ring (bicyclic) bond motifs is 1. The molecule has 1 amide bonds. The number of sulfonamides is 1. The predicted octanol–water partition coefficient (Wildman–Crippen LogP) is 5.33. The second-order valence-corrected chi connectivity index (χ2v) is 12.8. The highest BCUT2D eigenvalue weighted by atomic mass is 32.2. The highest BCUT2D eigenvalue weighted by Gasteiger charge is 2.36. The van der Waals surface area contributed by atoms with Crippen LogP contribution in [0.1, 0.15) is 69.3 Å². The molecule has 2 heterocycles. The molecule has 9 nitrogen and oxygen atoms in total. The molecular formula is C30H36N4O5S. The SMILES string of the molecule is CCOC(=O)c1cn(-c2ccc(N3Cc4ccccc4S3(=O)=O)cc2)nc1N(C(=O)C1CCC(C)CC1)C(C)C. The van der Waals surface area contributed by atoms with Gasteiger partial charge in [-0.05, 0) is 88.3 Å². The molecule has 212 valence electrons. The lowest BCUT2D eigenvalue weighted by Crippen LogP contribution is -2.43. The molecule has 1 saturated carbocycles. The smallest absolute Gasteiger partial charge is 0.343 e. The average Bonchev–Trinajstić information content (AvgIpc) is 3.48. The molecule has 0 unspecified atom stereocenters. The first-order valence-electron chi connectivity index (χ1n) is 13.9. The number of benzene rings is 2. The van der Waals surface area contributed by atoms with E-state index in [0.29, 0.717) is 22.2 Å². The van der Waals surface area contributed by atoms with E-state index in [1.54, 1.807) is 59.1 Å². The maximum absolute atomic E-state index is 13.7. The standard InChI is InChI=1S/C30H36N4O5S/c1-5-39-30(36)26-19-32(31-28(26)34(20(2)3)29(35)22-12-10-21(4)11-13-22)24-14-16-25(17-15-24)33-18-23-8-6-7-9-27(23)40(33,37)38/h6-9,14-17,19-22H,5,10-13,18H2,1-4H3. The van der Waals surface area contributed by atoms with Gasteiger partial charge in [-0.3, -0.25) is 14.0 Å². The van der Waals surface area contributed by atoms with Crippen LogP contribution in [-0.2, 0) is 26.1 Å². The van der Waals surface area contributed by atoms with Gasteiger partial charge in [0.2, 0.25) is 5.91 Å². The Hall–Kier alpha value is -3.66. The van der Waals surface area contributed by atoms with Gasteiger partial charge >= 0.3 is 5.97 Å². The van der Waals surface area contributed by atoms with Crippen molar-refractivity contribution in [3.63, 3.8) is 0 Å². The van der Waals surface area contributed by atoms with Crippen molar-refractivity contribution in [2.24, 2.45) is 11.8 Å². The van der Waals surface area contributed by atoms with Crippen molar-refractivity contribution in [3.05, 3.63) is 65.9 Å². The maximum Gasteiger partial charge on any atom is 0.343 e. The Bertz CT molecular complexity index is 1510. The fraction of sp³-hybridized carbons (Fsp3) is 0.433. The Labute approximate surface area is 235 Å². The molecule has 3 aromatic rings. The van der Waals surface area contributed by atoms with Crippen LogP contribution >= 0.6 is 0 Å². The molecule has 0 spiro atoms. The summed E-state index contributed by atoms with van der Waals surface area (Å²) in [5.41, 5.74) is 2.13. The fourth-order valence-electron chi connectivity index (χ4n) is 5.58. The molecule has 2 aliphatic rings. The minimum absolute atomic E-state index is 0.0214. The van der Waals surface area contributed by atoms with Gasteiger partial charge in [-0.15, -0.1) is 5.10 Å². The first-order chi connectivity index (χ1) is 19.1. The summed E-state index contributed by atoms with van der Waals surface area (Å²) < 4.78 is 34.4. The number of hydrogen-bond acceptors (Lipinski definition) is 6. The van der Waals surface area contributed by atoms with E-state index in [4.69, 9.17) is 9.84 Å². The molecule has 1 aromatic heterocycles. The average molecular weight is 565 g/mol. The normalized spacial score (nSPS) is 19.9. The van der Waals surface area contributed by atoms with Crippen LogP contribution in [0.4, 0.5) is 11.5 Å². The Balaban J connectivity index is 1.47. The van der Waals surface area contributed by atoms with E-state index in [-0.39, 0.29) is 42.4 Å². The topological polar surface area (TPSA) is 102 Å². The summed E-state index contributed by atoms with van der Waals surface area (Å²) >= 11 is 0. The minimum atomic E-state index is -3.64. The zero-order valence-corrected chi connectivity index (χ0v) is 24.2. The van der Waals surface area contributed by atoms with Crippen LogP contribution in [0.5, 0.6) is 0 Å². The summed E-state index contributed by atoms with van der Waals surface area (Å²) in [7, 11) is -3.64. The summed E-state index contributed by atoms with van der Waals surface area (Å²) in [4.78, 5) is 28.7. The van der Waals surface area contributed by atoms with Crippen LogP contribution in [0.2, 0.25) is 0 Å². The third-order valence-corrected chi connectivity index (χ3v) is 9.67. The van der Waals surface area contributed by atoms with Crippen molar-refractivity contribution >= 4 is 33.4 Å². The second-order valence-electron chi connectivity index (χ2n) is 10.9. The molecule has 0 saturated heterocycles. The molecule has 0 radical (unpaired) electrons. The van der Waals surface area contributed by atoms with Gasteiger partial charge < -0.3 is 4.74 Å². The van der Waals surface area contributed by atoms with Crippen LogP contribution in [0.3, 0.4) is 0 Å². The minimum Gasteiger partial charge on any atom is -0.462 e. The lowest BCUT2D eigenvalue weighted by atomic mass is 9.82. The molecule has 0 N–H and O–H groups in total. The van der Waals surface area contributed by atoms with E-state index in [2.05, 4.69) is 6.92 Å². The number of hydrogen-bond donors (Lipinski definition) is 0. The van der Waals surface area contributed by atoms with Gasteiger partial charge in [0.15, 0.2) is 5.82 Å². The Morgan fingerprint density at radius 1 is 1.02 bits per heavy atom. The van der Waals surface area contributed by atoms with Crippen LogP contribution in [-0.4, -0.2) is 42.7 Å². The third-order valence-electron chi connectivity index (χ3n) is 7.79. The van der Waals surface area contributed by atoms with E-state index in [9.17, 15) is 18.0 Å². The highest BCUT2D eigenvalue weighted by Crippen LogP contribution is 2.36. The second kappa shape index (κ2) is 11.1. The number of carbonyl (C=O) groups is 2.